The number of hydrogen-bond donors (Lipinski definition) is 1. The van der Waals surface area contributed by atoms with Crippen molar-refractivity contribution in [2.45, 2.75) is 84.3 Å². The van der Waals surface area contributed by atoms with Crippen LogP contribution in [0.15, 0.2) is 22.7 Å². The van der Waals surface area contributed by atoms with Gasteiger partial charge in [-0.2, -0.15) is 0 Å². The fraction of sp³-hybridized carbons (Fsp3) is 0.654. The molecule has 0 saturated heterocycles. The summed E-state index contributed by atoms with van der Waals surface area (Å²) >= 11 is 0. The van der Waals surface area contributed by atoms with Crippen LogP contribution in [0.3, 0.4) is 0 Å². The summed E-state index contributed by atoms with van der Waals surface area (Å²) in [6.45, 7) is 9.19. The number of oxazole rings is 1. The molecule has 1 saturated carbocycles. The van der Waals surface area contributed by atoms with Gasteiger partial charge in [-0.05, 0) is 70.4 Å². The molecule has 2 aromatic heterocycles. The van der Waals surface area contributed by atoms with Crippen LogP contribution in [0.4, 0.5) is 0 Å². The van der Waals surface area contributed by atoms with Gasteiger partial charge < -0.3 is 19.4 Å². The predicted octanol–water partition coefficient (Wildman–Crippen LogP) is 3.87. The van der Waals surface area contributed by atoms with Crippen molar-refractivity contribution in [3.8, 4) is 5.88 Å². The maximum atomic E-state index is 12.3. The molecule has 7 heteroatoms. The lowest BCUT2D eigenvalue weighted by Gasteiger charge is -2.30. The van der Waals surface area contributed by atoms with Crippen LogP contribution < -0.4 is 10.1 Å². The summed E-state index contributed by atoms with van der Waals surface area (Å²) in [5, 5.41) is 3.18. The van der Waals surface area contributed by atoms with Crippen molar-refractivity contribution in [1.29, 1.82) is 0 Å². The number of pyridine rings is 1. The van der Waals surface area contributed by atoms with E-state index in [1.165, 1.54) is 30.5 Å². The lowest BCUT2D eigenvalue weighted by molar-refractivity contribution is -0.121. The Morgan fingerprint density at radius 1 is 1.21 bits per heavy atom. The number of carbonyl (C=O) groups is 1. The van der Waals surface area contributed by atoms with Crippen LogP contribution in [0.1, 0.15) is 68.9 Å². The molecule has 33 heavy (non-hydrogen) atoms. The summed E-state index contributed by atoms with van der Waals surface area (Å²) < 4.78 is 11.2. The van der Waals surface area contributed by atoms with Gasteiger partial charge in [0.05, 0.1) is 18.7 Å². The number of fused-ring (bicyclic) bond motifs is 1. The highest BCUT2D eigenvalue weighted by atomic mass is 16.5. The van der Waals surface area contributed by atoms with Crippen molar-refractivity contribution in [1.82, 2.24) is 20.2 Å². The zero-order valence-electron chi connectivity index (χ0n) is 20.3. The minimum atomic E-state index is 0.0364. The van der Waals surface area contributed by atoms with Crippen molar-refractivity contribution in [3.63, 3.8) is 0 Å². The van der Waals surface area contributed by atoms with Crippen LogP contribution in [-0.4, -0.2) is 52.6 Å². The number of aromatic nitrogens is 2. The quantitative estimate of drug-likeness (QED) is 0.652. The molecule has 3 heterocycles. The summed E-state index contributed by atoms with van der Waals surface area (Å²) in [6.07, 6.45) is 9.89. The van der Waals surface area contributed by atoms with Crippen molar-refractivity contribution in [2.24, 2.45) is 5.92 Å². The van der Waals surface area contributed by atoms with E-state index in [0.717, 1.165) is 57.1 Å². The second kappa shape index (κ2) is 11.1. The minimum Gasteiger partial charge on any atom is -0.475 e. The van der Waals surface area contributed by atoms with E-state index in [1.54, 1.807) is 13.1 Å². The second-order valence-electron chi connectivity index (χ2n) is 9.86. The van der Waals surface area contributed by atoms with E-state index in [2.05, 4.69) is 21.3 Å². The number of rotatable bonds is 8. The summed E-state index contributed by atoms with van der Waals surface area (Å²) in [7, 11) is 0. The van der Waals surface area contributed by atoms with Crippen LogP contribution in [0.5, 0.6) is 5.88 Å². The van der Waals surface area contributed by atoms with Gasteiger partial charge in [0.2, 0.25) is 11.8 Å². The fourth-order valence-electron chi connectivity index (χ4n) is 5.02. The molecule has 2 aliphatic rings. The van der Waals surface area contributed by atoms with Crippen molar-refractivity contribution < 1.29 is 13.9 Å². The smallest absolute Gasteiger partial charge is 0.227 e. The Kier molecular flexibility index (Phi) is 8.02. The lowest BCUT2D eigenvalue weighted by Crippen LogP contribution is -2.39. The number of nitrogens with one attached hydrogen (secondary N) is 1. The first-order chi connectivity index (χ1) is 15.9. The molecule has 1 amide bonds. The molecular weight excluding hydrogens is 416 g/mol. The Morgan fingerprint density at radius 2 is 2.00 bits per heavy atom. The topological polar surface area (TPSA) is 80.5 Å². The Morgan fingerprint density at radius 3 is 2.73 bits per heavy atom. The largest absolute Gasteiger partial charge is 0.475 e. The van der Waals surface area contributed by atoms with Crippen LogP contribution >= 0.6 is 0 Å². The van der Waals surface area contributed by atoms with Crippen LogP contribution in [-0.2, 0) is 24.1 Å². The van der Waals surface area contributed by atoms with Gasteiger partial charge in [0.25, 0.3) is 0 Å². The molecular formula is C26H38N4O3. The first-order valence-electron chi connectivity index (χ1n) is 12.5. The molecule has 0 atom stereocenters. The Labute approximate surface area is 197 Å². The lowest BCUT2D eigenvalue weighted by atomic mass is 9.84. The molecule has 0 radical (unpaired) electrons. The van der Waals surface area contributed by atoms with E-state index >= 15 is 0 Å². The molecule has 0 spiro atoms. The highest BCUT2D eigenvalue weighted by Crippen LogP contribution is 2.28. The zero-order chi connectivity index (χ0) is 23.2. The highest BCUT2D eigenvalue weighted by Gasteiger charge is 2.24. The molecule has 0 aromatic carbocycles. The fourth-order valence-corrected chi connectivity index (χ4v) is 5.02. The molecule has 1 aliphatic carbocycles. The zero-order valence-corrected chi connectivity index (χ0v) is 20.3. The van der Waals surface area contributed by atoms with Crippen LogP contribution in [0.25, 0.3) is 0 Å². The summed E-state index contributed by atoms with van der Waals surface area (Å²) in [6, 6.07) is 4.50. The van der Waals surface area contributed by atoms with Gasteiger partial charge in [0.1, 0.15) is 5.76 Å². The SMILES string of the molecule is Cc1ncc(CC(=O)N[C@H]2CC[C@H](CCN3CCc4ccc(OC(C)C)nc4CC3)CC2)o1. The Bertz CT molecular complexity index is 918. The van der Waals surface area contributed by atoms with E-state index in [-0.39, 0.29) is 18.4 Å². The van der Waals surface area contributed by atoms with Crippen LogP contribution in [0.2, 0.25) is 0 Å². The number of carbonyl (C=O) groups excluding carboxylic acids is 1. The summed E-state index contributed by atoms with van der Waals surface area (Å²) in [5.41, 5.74) is 2.57. The monoisotopic (exact) mass is 454 g/mol. The molecule has 0 bridgehead atoms. The summed E-state index contributed by atoms with van der Waals surface area (Å²) in [4.78, 5) is 23.7. The van der Waals surface area contributed by atoms with Crippen molar-refractivity contribution in [3.05, 3.63) is 41.2 Å². The maximum Gasteiger partial charge on any atom is 0.227 e. The average Bonchev–Trinajstić information content (AvgIpc) is 3.07. The maximum absolute atomic E-state index is 12.3. The van der Waals surface area contributed by atoms with E-state index in [4.69, 9.17) is 14.1 Å². The molecule has 4 rings (SSSR count). The van der Waals surface area contributed by atoms with Gasteiger partial charge in [0, 0.05) is 44.2 Å². The molecule has 2 aromatic rings. The third-order valence-corrected chi connectivity index (χ3v) is 6.83. The van der Waals surface area contributed by atoms with Crippen LogP contribution in [0, 0.1) is 12.8 Å². The number of amides is 1. The number of hydrogen-bond acceptors (Lipinski definition) is 6. The van der Waals surface area contributed by atoms with Crippen molar-refractivity contribution in [2.75, 3.05) is 19.6 Å². The minimum absolute atomic E-state index is 0.0364. The first-order valence-corrected chi connectivity index (χ1v) is 12.5. The molecule has 180 valence electrons. The molecule has 0 unspecified atom stereocenters. The highest BCUT2D eigenvalue weighted by molar-refractivity contribution is 5.78. The normalized spacial score (nSPS) is 21.5. The molecule has 1 N–H and O–H groups in total. The summed E-state index contributed by atoms with van der Waals surface area (Å²) in [5.74, 6) is 2.78. The van der Waals surface area contributed by atoms with E-state index in [0.29, 0.717) is 17.7 Å². The third-order valence-electron chi connectivity index (χ3n) is 6.83. The average molecular weight is 455 g/mol. The van der Waals surface area contributed by atoms with E-state index in [9.17, 15) is 4.79 Å². The number of aryl methyl sites for hydroxylation is 1. The first kappa shape index (κ1) is 23.7. The Hall–Kier alpha value is -2.41. The third kappa shape index (κ3) is 7.03. The van der Waals surface area contributed by atoms with Gasteiger partial charge in [-0.15, -0.1) is 0 Å². The van der Waals surface area contributed by atoms with Crippen molar-refractivity contribution >= 4 is 5.91 Å². The molecule has 1 aliphatic heterocycles. The number of nitrogens with zero attached hydrogens (tertiary/aromatic N) is 3. The van der Waals surface area contributed by atoms with E-state index < -0.39 is 0 Å². The molecule has 7 nitrogen and oxygen atoms in total. The van der Waals surface area contributed by atoms with Gasteiger partial charge in [-0.1, -0.05) is 6.07 Å². The number of ether oxygens (including phenoxy) is 1. The predicted molar refractivity (Wildman–Crippen MR) is 127 cm³/mol. The van der Waals surface area contributed by atoms with Gasteiger partial charge in [-0.25, -0.2) is 9.97 Å². The van der Waals surface area contributed by atoms with Gasteiger partial charge >= 0.3 is 0 Å². The van der Waals surface area contributed by atoms with Gasteiger partial charge in [0.15, 0.2) is 5.89 Å². The van der Waals surface area contributed by atoms with Gasteiger partial charge in [-0.3, -0.25) is 4.79 Å². The Balaban J connectivity index is 1.16. The standard InChI is InChI=1S/C26H38N4O3/c1-18(2)32-26-9-6-21-11-14-30(15-12-24(21)29-26)13-10-20-4-7-22(8-5-20)28-25(31)16-23-17-27-19(3)33-23/h6,9,17-18,20,22H,4-5,7-8,10-16H2,1-3H3,(H,28,31)/t20-,22-. The van der Waals surface area contributed by atoms with E-state index in [1.807, 2.05) is 19.9 Å². The molecule has 1 fully saturated rings. The second-order valence-corrected chi connectivity index (χ2v) is 9.86.